The van der Waals surface area contributed by atoms with Gasteiger partial charge in [-0.1, -0.05) is 25.1 Å². The molecular formula is C24H35NO3. The predicted molar refractivity (Wildman–Crippen MR) is 117 cm³/mol. The molecule has 1 aromatic carbocycles. The molecule has 1 aliphatic rings. The van der Waals surface area contributed by atoms with Gasteiger partial charge in [0.2, 0.25) is 0 Å². The molecule has 2 rings (SSSR count). The fourth-order valence-corrected chi connectivity index (χ4v) is 3.45. The minimum Gasteiger partial charge on any atom is -0.493 e. The Kier molecular flexibility index (Phi) is 9.84. The van der Waals surface area contributed by atoms with Gasteiger partial charge in [-0.15, -0.1) is 0 Å². The Hall–Kier alpha value is -2.07. The third-order valence-corrected chi connectivity index (χ3v) is 5.03. The Labute approximate surface area is 170 Å². The number of hydrogen-bond acceptors (Lipinski definition) is 4. The molecule has 0 amide bonds. The number of rotatable bonds is 12. The van der Waals surface area contributed by atoms with Crippen LogP contribution in [0, 0.1) is 0 Å². The van der Waals surface area contributed by atoms with Crippen LogP contribution in [0.3, 0.4) is 0 Å². The maximum Gasteiger partial charge on any atom is 0.161 e. The standard InChI is InChI=1S/C24H35NO3/c1-5-17-27-22(13-11-19(3)15-16-25-6-2)20-12-14-23(26-4)24(18-20)28-21-9-7-8-10-21/h6,12,14-16,18,21-22H,2,5,7-11,13,17H2,1,3-4H3/b19-15+,25-16?. The highest BCUT2D eigenvalue weighted by molar-refractivity contribution is 5.72. The molecule has 1 unspecified atom stereocenters. The summed E-state index contributed by atoms with van der Waals surface area (Å²) in [5.74, 6) is 1.63. The van der Waals surface area contributed by atoms with Crippen LogP contribution in [-0.4, -0.2) is 26.0 Å². The summed E-state index contributed by atoms with van der Waals surface area (Å²) >= 11 is 0. The lowest BCUT2D eigenvalue weighted by atomic mass is 10.0. The third-order valence-electron chi connectivity index (χ3n) is 5.03. The lowest BCUT2D eigenvalue weighted by Gasteiger charge is -2.21. The van der Waals surface area contributed by atoms with Crippen LogP contribution in [0.15, 0.2) is 47.6 Å². The summed E-state index contributed by atoms with van der Waals surface area (Å²) in [6.45, 7) is 8.60. The van der Waals surface area contributed by atoms with Crippen molar-refractivity contribution in [3.63, 3.8) is 0 Å². The largest absolute Gasteiger partial charge is 0.493 e. The summed E-state index contributed by atoms with van der Waals surface area (Å²) in [6, 6.07) is 6.20. The van der Waals surface area contributed by atoms with Crippen LogP contribution < -0.4 is 9.47 Å². The molecule has 1 aromatic rings. The summed E-state index contributed by atoms with van der Waals surface area (Å²) in [5.41, 5.74) is 2.42. The SMILES string of the molecule is C=CN=C/C=C(\C)CCC(OCCC)c1ccc(OC)c(OC2CCCC2)c1. The molecular weight excluding hydrogens is 350 g/mol. The van der Waals surface area contributed by atoms with E-state index in [0.717, 1.165) is 55.8 Å². The Bertz CT molecular complexity index is 660. The molecule has 0 radical (unpaired) electrons. The van der Waals surface area contributed by atoms with Crippen LogP contribution in [-0.2, 0) is 4.74 Å². The highest BCUT2D eigenvalue weighted by atomic mass is 16.5. The van der Waals surface area contributed by atoms with Crippen molar-refractivity contribution in [1.29, 1.82) is 0 Å². The smallest absolute Gasteiger partial charge is 0.161 e. The van der Waals surface area contributed by atoms with Gasteiger partial charge in [0, 0.05) is 19.0 Å². The summed E-state index contributed by atoms with van der Waals surface area (Å²) in [5, 5.41) is 0. The van der Waals surface area contributed by atoms with E-state index in [4.69, 9.17) is 14.2 Å². The zero-order chi connectivity index (χ0) is 20.2. The molecule has 0 N–H and O–H groups in total. The average Bonchev–Trinajstić information content (AvgIpc) is 3.21. The van der Waals surface area contributed by atoms with E-state index in [9.17, 15) is 0 Å². The number of aliphatic imine (C=N–C) groups is 1. The lowest BCUT2D eigenvalue weighted by Crippen LogP contribution is -2.12. The number of allylic oxidation sites excluding steroid dienone is 2. The van der Waals surface area contributed by atoms with Crippen LogP contribution in [0.2, 0.25) is 0 Å². The quantitative estimate of drug-likeness (QED) is 0.389. The number of methoxy groups -OCH3 is 1. The molecule has 0 spiro atoms. The van der Waals surface area contributed by atoms with Crippen molar-refractivity contribution in [1.82, 2.24) is 0 Å². The van der Waals surface area contributed by atoms with E-state index in [-0.39, 0.29) is 6.10 Å². The van der Waals surface area contributed by atoms with Crippen molar-refractivity contribution in [2.45, 2.75) is 71.0 Å². The molecule has 0 heterocycles. The third kappa shape index (κ3) is 7.16. The highest BCUT2D eigenvalue weighted by Gasteiger charge is 2.20. The zero-order valence-corrected chi connectivity index (χ0v) is 17.7. The van der Waals surface area contributed by atoms with Gasteiger partial charge in [-0.3, -0.25) is 4.99 Å². The molecule has 1 atom stereocenters. The van der Waals surface area contributed by atoms with E-state index in [0.29, 0.717) is 6.10 Å². The van der Waals surface area contributed by atoms with E-state index < -0.39 is 0 Å². The number of benzene rings is 1. The highest BCUT2D eigenvalue weighted by Crippen LogP contribution is 2.36. The van der Waals surface area contributed by atoms with E-state index in [1.54, 1.807) is 19.5 Å². The fourth-order valence-electron chi connectivity index (χ4n) is 3.45. The number of nitrogens with zero attached hydrogens (tertiary/aromatic N) is 1. The first-order valence-electron chi connectivity index (χ1n) is 10.4. The van der Waals surface area contributed by atoms with E-state index in [2.05, 4.69) is 37.6 Å². The van der Waals surface area contributed by atoms with Crippen molar-refractivity contribution in [2.24, 2.45) is 4.99 Å². The van der Waals surface area contributed by atoms with Crippen LogP contribution in [0.1, 0.15) is 70.5 Å². The second-order valence-corrected chi connectivity index (χ2v) is 7.33. The van der Waals surface area contributed by atoms with E-state index in [1.807, 2.05) is 12.1 Å². The predicted octanol–water partition coefficient (Wildman–Crippen LogP) is 6.43. The average molecular weight is 386 g/mol. The zero-order valence-electron chi connectivity index (χ0n) is 17.7. The molecule has 1 aliphatic carbocycles. The minimum atomic E-state index is 0.0384. The van der Waals surface area contributed by atoms with Gasteiger partial charge >= 0.3 is 0 Å². The van der Waals surface area contributed by atoms with Crippen molar-refractivity contribution >= 4 is 6.21 Å². The molecule has 0 aliphatic heterocycles. The van der Waals surface area contributed by atoms with Crippen LogP contribution in [0.25, 0.3) is 0 Å². The first-order valence-corrected chi connectivity index (χ1v) is 10.4. The molecule has 4 heteroatoms. The fraction of sp³-hybridized carbons (Fsp3) is 0.542. The molecule has 0 aromatic heterocycles. The Morgan fingerprint density at radius 1 is 1.29 bits per heavy atom. The molecule has 0 saturated heterocycles. The van der Waals surface area contributed by atoms with Crippen molar-refractivity contribution in [3.05, 3.63) is 48.2 Å². The van der Waals surface area contributed by atoms with Crippen molar-refractivity contribution in [3.8, 4) is 11.5 Å². The van der Waals surface area contributed by atoms with E-state index in [1.165, 1.54) is 18.4 Å². The van der Waals surface area contributed by atoms with Crippen LogP contribution in [0.5, 0.6) is 11.5 Å². The monoisotopic (exact) mass is 385 g/mol. The number of ether oxygens (including phenoxy) is 3. The van der Waals surface area contributed by atoms with Gasteiger partial charge in [-0.2, -0.15) is 0 Å². The molecule has 1 fully saturated rings. The van der Waals surface area contributed by atoms with Crippen molar-refractivity contribution in [2.75, 3.05) is 13.7 Å². The second kappa shape index (κ2) is 12.4. The Morgan fingerprint density at radius 3 is 2.75 bits per heavy atom. The van der Waals surface area contributed by atoms with Gasteiger partial charge < -0.3 is 14.2 Å². The topological polar surface area (TPSA) is 40.0 Å². The van der Waals surface area contributed by atoms with Gasteiger partial charge in [0.1, 0.15) is 0 Å². The van der Waals surface area contributed by atoms with Gasteiger partial charge in [-0.05, 0) is 75.6 Å². The van der Waals surface area contributed by atoms with Gasteiger partial charge in [0.25, 0.3) is 0 Å². The normalized spacial score (nSPS) is 16.5. The van der Waals surface area contributed by atoms with Crippen LogP contribution in [0.4, 0.5) is 0 Å². The Balaban J connectivity index is 2.13. The van der Waals surface area contributed by atoms with Gasteiger partial charge in [0.15, 0.2) is 11.5 Å². The maximum absolute atomic E-state index is 6.26. The Morgan fingerprint density at radius 2 is 2.07 bits per heavy atom. The van der Waals surface area contributed by atoms with E-state index >= 15 is 0 Å². The summed E-state index contributed by atoms with van der Waals surface area (Å²) in [6.07, 6.45) is 13.3. The first-order chi connectivity index (χ1) is 13.7. The van der Waals surface area contributed by atoms with Crippen molar-refractivity contribution < 1.29 is 14.2 Å². The minimum absolute atomic E-state index is 0.0384. The maximum atomic E-state index is 6.26. The number of hydrogen-bond donors (Lipinski definition) is 0. The van der Waals surface area contributed by atoms with Crippen LogP contribution >= 0.6 is 0 Å². The second-order valence-electron chi connectivity index (χ2n) is 7.33. The molecule has 0 bridgehead atoms. The molecule has 4 nitrogen and oxygen atoms in total. The molecule has 154 valence electrons. The molecule has 1 saturated carbocycles. The molecule has 28 heavy (non-hydrogen) atoms. The van der Waals surface area contributed by atoms with Gasteiger partial charge in [0.05, 0.1) is 19.3 Å². The lowest BCUT2D eigenvalue weighted by molar-refractivity contribution is 0.0469. The summed E-state index contributed by atoms with van der Waals surface area (Å²) < 4.78 is 18.0. The first kappa shape index (κ1) is 22.2. The van der Waals surface area contributed by atoms with Gasteiger partial charge in [-0.25, -0.2) is 0 Å². The summed E-state index contributed by atoms with van der Waals surface area (Å²) in [4.78, 5) is 4.03. The summed E-state index contributed by atoms with van der Waals surface area (Å²) in [7, 11) is 1.69.